The van der Waals surface area contributed by atoms with Gasteiger partial charge in [0.25, 0.3) is 0 Å². The van der Waals surface area contributed by atoms with Crippen LogP contribution in [0.2, 0.25) is 0 Å². The standard InChI is InChI=1S/C52H32N2/c1-2-14-38-33(11-1)12-9-21-43(38)50-46-19-7-5-17-44(46)49(45-18-6-8-20-47(45)50)35-24-22-34(23-25-35)39-29-30-42(41-16-4-3-15-40(39)41)48-31-28-37-27-26-36-13-10-32-53-51(36)52(37)54-48/h1-32H. The van der Waals surface area contributed by atoms with E-state index in [0.29, 0.717) is 0 Å². The molecule has 54 heavy (non-hydrogen) atoms. The van der Waals surface area contributed by atoms with E-state index in [4.69, 9.17) is 4.98 Å². The van der Waals surface area contributed by atoms with Crippen molar-refractivity contribution in [2.75, 3.05) is 0 Å². The summed E-state index contributed by atoms with van der Waals surface area (Å²) in [6, 6.07) is 68.1. The lowest BCUT2D eigenvalue weighted by atomic mass is 9.84. The van der Waals surface area contributed by atoms with Crippen LogP contribution in [0.15, 0.2) is 194 Å². The molecular weight excluding hydrogens is 653 g/mol. The van der Waals surface area contributed by atoms with Gasteiger partial charge in [-0.2, -0.15) is 0 Å². The molecule has 11 aromatic rings. The first-order valence-electron chi connectivity index (χ1n) is 18.5. The van der Waals surface area contributed by atoms with Crippen LogP contribution < -0.4 is 0 Å². The highest BCUT2D eigenvalue weighted by Gasteiger charge is 2.18. The number of hydrogen-bond acceptors (Lipinski definition) is 2. The van der Waals surface area contributed by atoms with Crippen molar-refractivity contribution < 1.29 is 0 Å². The fourth-order valence-corrected chi connectivity index (χ4v) is 8.64. The summed E-state index contributed by atoms with van der Waals surface area (Å²) in [7, 11) is 0. The number of nitrogens with zero attached hydrogens (tertiary/aromatic N) is 2. The van der Waals surface area contributed by atoms with Crippen molar-refractivity contribution in [3.05, 3.63) is 194 Å². The Kier molecular flexibility index (Phi) is 6.90. The third-order valence-corrected chi connectivity index (χ3v) is 11.1. The van der Waals surface area contributed by atoms with Crippen molar-refractivity contribution in [2.45, 2.75) is 0 Å². The van der Waals surface area contributed by atoms with Crippen LogP contribution in [0, 0.1) is 0 Å². The Labute approximate surface area is 312 Å². The molecule has 0 saturated heterocycles. The molecule has 0 aliphatic heterocycles. The third kappa shape index (κ3) is 4.74. The molecule has 0 aliphatic rings. The zero-order chi connectivity index (χ0) is 35.6. The summed E-state index contributed by atoms with van der Waals surface area (Å²) < 4.78 is 0. The van der Waals surface area contributed by atoms with Gasteiger partial charge in [-0.1, -0.05) is 176 Å². The van der Waals surface area contributed by atoms with Gasteiger partial charge in [0.05, 0.1) is 16.7 Å². The van der Waals surface area contributed by atoms with Crippen LogP contribution in [-0.2, 0) is 0 Å². The molecule has 2 heteroatoms. The van der Waals surface area contributed by atoms with E-state index >= 15 is 0 Å². The van der Waals surface area contributed by atoms with Crippen molar-refractivity contribution in [1.29, 1.82) is 0 Å². The minimum Gasteiger partial charge on any atom is -0.254 e. The summed E-state index contributed by atoms with van der Waals surface area (Å²) in [5, 5.41) is 12.1. The molecule has 0 radical (unpaired) electrons. The van der Waals surface area contributed by atoms with Crippen molar-refractivity contribution >= 4 is 64.9 Å². The molecule has 250 valence electrons. The molecule has 0 atom stereocenters. The van der Waals surface area contributed by atoms with E-state index in [0.717, 1.165) is 33.1 Å². The molecule has 0 saturated carbocycles. The number of pyridine rings is 2. The van der Waals surface area contributed by atoms with Gasteiger partial charge in [0.1, 0.15) is 0 Å². The first-order valence-corrected chi connectivity index (χ1v) is 18.5. The van der Waals surface area contributed by atoms with Crippen LogP contribution in [0.5, 0.6) is 0 Å². The van der Waals surface area contributed by atoms with Crippen LogP contribution in [-0.4, -0.2) is 9.97 Å². The molecule has 9 aromatic carbocycles. The maximum atomic E-state index is 5.20. The summed E-state index contributed by atoms with van der Waals surface area (Å²) >= 11 is 0. The number of benzene rings is 9. The Morgan fingerprint density at radius 1 is 0.278 bits per heavy atom. The number of rotatable bonds is 4. The van der Waals surface area contributed by atoms with Crippen LogP contribution >= 0.6 is 0 Å². The lowest BCUT2D eigenvalue weighted by Gasteiger charge is -2.19. The summed E-state index contributed by atoms with van der Waals surface area (Å²) in [6.45, 7) is 0. The zero-order valence-electron chi connectivity index (χ0n) is 29.4. The van der Waals surface area contributed by atoms with Crippen molar-refractivity contribution in [3.8, 4) is 44.6 Å². The van der Waals surface area contributed by atoms with E-state index in [2.05, 4.69) is 187 Å². The maximum Gasteiger partial charge on any atom is 0.0972 e. The van der Waals surface area contributed by atoms with Gasteiger partial charge in [-0.15, -0.1) is 0 Å². The topological polar surface area (TPSA) is 25.8 Å². The molecule has 0 aliphatic carbocycles. The summed E-state index contributed by atoms with van der Waals surface area (Å²) in [5.74, 6) is 0. The Morgan fingerprint density at radius 2 is 0.796 bits per heavy atom. The second-order valence-electron chi connectivity index (χ2n) is 14.1. The normalized spacial score (nSPS) is 11.7. The van der Waals surface area contributed by atoms with Gasteiger partial charge in [-0.05, 0) is 88.6 Å². The van der Waals surface area contributed by atoms with Gasteiger partial charge in [-0.25, -0.2) is 4.98 Å². The van der Waals surface area contributed by atoms with E-state index in [1.54, 1.807) is 0 Å². The molecule has 11 rings (SSSR count). The predicted molar refractivity (Wildman–Crippen MR) is 229 cm³/mol. The second-order valence-corrected chi connectivity index (χ2v) is 14.1. The second kappa shape index (κ2) is 12.2. The quantitative estimate of drug-likeness (QED) is 0.136. The minimum absolute atomic E-state index is 0.930. The average molecular weight is 685 g/mol. The summed E-state index contributed by atoms with van der Waals surface area (Å²) in [4.78, 5) is 9.89. The van der Waals surface area contributed by atoms with Gasteiger partial charge in [0.2, 0.25) is 0 Å². The van der Waals surface area contributed by atoms with E-state index in [1.165, 1.54) is 76.5 Å². The first-order chi connectivity index (χ1) is 26.8. The van der Waals surface area contributed by atoms with Crippen molar-refractivity contribution in [2.24, 2.45) is 0 Å². The fourth-order valence-electron chi connectivity index (χ4n) is 8.64. The van der Waals surface area contributed by atoms with Gasteiger partial charge >= 0.3 is 0 Å². The predicted octanol–water partition coefficient (Wildman–Crippen LogP) is 14.1. The molecule has 0 amide bonds. The number of fused-ring (bicyclic) bond motifs is 7. The van der Waals surface area contributed by atoms with Gasteiger partial charge in [-0.3, -0.25) is 4.98 Å². The molecule has 0 N–H and O–H groups in total. The Morgan fingerprint density at radius 3 is 1.52 bits per heavy atom. The molecular formula is C52H32N2. The molecule has 2 aromatic heterocycles. The van der Waals surface area contributed by atoms with Gasteiger partial charge < -0.3 is 0 Å². The Balaban J connectivity index is 1.05. The van der Waals surface area contributed by atoms with Crippen molar-refractivity contribution in [3.63, 3.8) is 0 Å². The number of aromatic nitrogens is 2. The fraction of sp³-hybridized carbons (Fsp3) is 0. The highest BCUT2D eigenvalue weighted by molar-refractivity contribution is 6.23. The van der Waals surface area contributed by atoms with Crippen LogP contribution in [0.4, 0.5) is 0 Å². The van der Waals surface area contributed by atoms with Gasteiger partial charge in [0.15, 0.2) is 0 Å². The zero-order valence-corrected chi connectivity index (χ0v) is 29.4. The lowest BCUT2D eigenvalue weighted by Crippen LogP contribution is -1.92. The van der Waals surface area contributed by atoms with E-state index in [9.17, 15) is 0 Å². The lowest BCUT2D eigenvalue weighted by molar-refractivity contribution is 1.37. The summed E-state index contributed by atoms with van der Waals surface area (Å²) in [5.41, 5.74) is 11.3. The van der Waals surface area contributed by atoms with Crippen LogP contribution in [0.25, 0.3) is 110 Å². The highest BCUT2D eigenvalue weighted by atomic mass is 14.8. The van der Waals surface area contributed by atoms with E-state index in [1.807, 2.05) is 12.3 Å². The molecule has 0 unspecified atom stereocenters. The minimum atomic E-state index is 0.930. The average Bonchev–Trinajstić information content (AvgIpc) is 3.25. The first kappa shape index (κ1) is 30.5. The van der Waals surface area contributed by atoms with E-state index < -0.39 is 0 Å². The molecule has 0 spiro atoms. The highest BCUT2D eigenvalue weighted by Crippen LogP contribution is 2.46. The maximum absolute atomic E-state index is 5.20. The largest absolute Gasteiger partial charge is 0.254 e. The van der Waals surface area contributed by atoms with Crippen LogP contribution in [0.1, 0.15) is 0 Å². The Hall–Kier alpha value is -7.16. The SMILES string of the molecule is c1ccc2c(-c3c4ccccc4c(-c4ccc(-c5ccc(-c6ccc7ccc8cccnc8c7n6)c6ccccc56)cc4)c4ccccc34)cccc2c1. The Bertz CT molecular complexity index is 3210. The molecule has 0 bridgehead atoms. The molecule has 0 fully saturated rings. The monoisotopic (exact) mass is 684 g/mol. The molecule has 2 heterocycles. The third-order valence-electron chi connectivity index (χ3n) is 11.1. The molecule has 2 nitrogen and oxygen atoms in total. The smallest absolute Gasteiger partial charge is 0.0972 e. The van der Waals surface area contributed by atoms with Gasteiger partial charge in [0, 0.05) is 22.5 Å². The van der Waals surface area contributed by atoms with Crippen molar-refractivity contribution in [1.82, 2.24) is 9.97 Å². The summed E-state index contributed by atoms with van der Waals surface area (Å²) in [6.07, 6.45) is 1.85. The van der Waals surface area contributed by atoms with Crippen LogP contribution in [0.3, 0.4) is 0 Å². The number of hydrogen-bond donors (Lipinski definition) is 0. The van der Waals surface area contributed by atoms with E-state index in [-0.39, 0.29) is 0 Å².